The van der Waals surface area contributed by atoms with E-state index in [-0.39, 0.29) is 33.0 Å². The first kappa shape index (κ1) is 35.1. The highest BCUT2D eigenvalue weighted by molar-refractivity contribution is 4.59. The molecule has 0 aliphatic rings. The molecule has 218 valence electrons. The summed E-state index contributed by atoms with van der Waals surface area (Å²) in [7, 11) is 3.68. The molecule has 0 heterocycles. The van der Waals surface area contributed by atoms with E-state index in [1.54, 1.807) is 0 Å². The van der Waals surface area contributed by atoms with E-state index in [2.05, 4.69) is 18.9 Å². The van der Waals surface area contributed by atoms with Gasteiger partial charge in [-0.05, 0) is 14.1 Å². The van der Waals surface area contributed by atoms with Crippen molar-refractivity contribution in [1.82, 2.24) is 4.90 Å². The van der Waals surface area contributed by atoms with E-state index < -0.39 is 63.8 Å². The molecular formula is C19H35F6NO10. The highest BCUT2D eigenvalue weighted by Gasteiger charge is 2.52. The molecule has 0 fully saturated rings. The molecule has 0 aliphatic heterocycles. The molecule has 0 spiro atoms. The second kappa shape index (κ2) is 18.4. The van der Waals surface area contributed by atoms with Gasteiger partial charge in [0.15, 0.2) is 0 Å². The van der Waals surface area contributed by atoms with Gasteiger partial charge >= 0.3 is 18.5 Å². The van der Waals surface area contributed by atoms with Gasteiger partial charge in [-0.25, -0.2) is 9.47 Å². The smallest absolute Gasteiger partial charge is 0.394 e. The third-order valence-electron chi connectivity index (χ3n) is 3.61. The van der Waals surface area contributed by atoms with E-state index in [0.717, 1.165) is 0 Å². The van der Waals surface area contributed by atoms with Gasteiger partial charge < -0.3 is 43.9 Å². The Bertz CT molecular complexity index is 551. The van der Waals surface area contributed by atoms with Crippen LogP contribution in [0.3, 0.4) is 0 Å². The normalized spacial score (nSPS) is 15.0. The standard InChI is InChI=1S/C19H35F6NO10/c1-26(2)3-5-30-9-15(28)11-32-7-8-33-13-17(20,21)35-19(24,25)36-18(22,23)14-34-12-16(29)10-31-6-4-27/h15-16,27-29H,3-14H2,1-2H3. The van der Waals surface area contributed by atoms with Gasteiger partial charge in [-0.3, -0.25) is 0 Å². The van der Waals surface area contributed by atoms with E-state index in [9.17, 15) is 36.6 Å². The zero-order valence-electron chi connectivity index (χ0n) is 20.1. The molecule has 0 aromatic carbocycles. The highest BCUT2D eigenvalue weighted by Crippen LogP contribution is 2.33. The van der Waals surface area contributed by atoms with Gasteiger partial charge in [0.1, 0.15) is 25.4 Å². The molecular weight excluding hydrogens is 516 g/mol. The number of alkyl halides is 6. The molecule has 0 bridgehead atoms. The van der Waals surface area contributed by atoms with Crippen molar-refractivity contribution in [1.29, 1.82) is 0 Å². The summed E-state index contributed by atoms with van der Waals surface area (Å²) in [5.41, 5.74) is 0. The van der Waals surface area contributed by atoms with Crippen molar-refractivity contribution in [3.8, 4) is 0 Å². The van der Waals surface area contributed by atoms with E-state index in [0.29, 0.717) is 13.2 Å². The molecule has 2 atom stereocenters. The largest absolute Gasteiger partial charge is 0.495 e. The Kier molecular flexibility index (Phi) is 18.0. The highest BCUT2D eigenvalue weighted by atomic mass is 19.3. The summed E-state index contributed by atoms with van der Waals surface area (Å²) in [6.45, 7) is -5.20. The summed E-state index contributed by atoms with van der Waals surface area (Å²) in [6.07, 6.45) is -17.3. The third-order valence-corrected chi connectivity index (χ3v) is 3.61. The lowest BCUT2D eigenvalue weighted by molar-refractivity contribution is -0.518. The first-order valence-corrected chi connectivity index (χ1v) is 10.7. The van der Waals surface area contributed by atoms with Crippen LogP contribution in [0.25, 0.3) is 0 Å². The minimum absolute atomic E-state index is 0.0228. The fourth-order valence-electron chi connectivity index (χ4n) is 2.12. The van der Waals surface area contributed by atoms with E-state index in [1.165, 1.54) is 0 Å². The minimum atomic E-state index is -5.42. The van der Waals surface area contributed by atoms with Gasteiger partial charge in [-0.2, -0.15) is 17.6 Å². The van der Waals surface area contributed by atoms with E-state index in [1.807, 2.05) is 19.0 Å². The number of hydrogen-bond acceptors (Lipinski definition) is 11. The zero-order chi connectivity index (χ0) is 27.7. The molecule has 0 aromatic rings. The number of aliphatic hydroxyl groups is 3. The number of halogens is 6. The van der Waals surface area contributed by atoms with Crippen LogP contribution in [0.2, 0.25) is 0 Å². The number of nitrogens with zero attached hydrogens (tertiary/aromatic N) is 1. The van der Waals surface area contributed by atoms with Crippen molar-refractivity contribution in [3.63, 3.8) is 0 Å². The van der Waals surface area contributed by atoms with Crippen LogP contribution < -0.4 is 0 Å². The maximum absolute atomic E-state index is 13.5. The van der Waals surface area contributed by atoms with Crippen molar-refractivity contribution in [3.05, 3.63) is 0 Å². The molecule has 3 N–H and O–H groups in total. The average Bonchev–Trinajstić information content (AvgIpc) is 2.71. The summed E-state index contributed by atoms with van der Waals surface area (Å²) < 4.78 is 110. The van der Waals surface area contributed by atoms with Crippen LogP contribution >= 0.6 is 0 Å². The molecule has 36 heavy (non-hydrogen) atoms. The Morgan fingerprint density at radius 3 is 1.56 bits per heavy atom. The second-order valence-electron chi connectivity index (χ2n) is 7.57. The summed E-state index contributed by atoms with van der Waals surface area (Å²) in [5, 5.41) is 27.4. The van der Waals surface area contributed by atoms with Gasteiger partial charge in [-0.1, -0.05) is 0 Å². The first-order valence-electron chi connectivity index (χ1n) is 10.7. The van der Waals surface area contributed by atoms with Gasteiger partial charge in [0.2, 0.25) is 0 Å². The summed E-state index contributed by atoms with van der Waals surface area (Å²) in [4.78, 5) is 1.87. The zero-order valence-corrected chi connectivity index (χ0v) is 20.1. The first-order chi connectivity index (χ1) is 16.7. The monoisotopic (exact) mass is 551 g/mol. The third kappa shape index (κ3) is 21.2. The second-order valence-corrected chi connectivity index (χ2v) is 7.57. The molecule has 0 amide bonds. The molecule has 2 unspecified atom stereocenters. The Morgan fingerprint density at radius 2 is 1.06 bits per heavy atom. The van der Waals surface area contributed by atoms with Crippen LogP contribution in [0.4, 0.5) is 26.3 Å². The fourth-order valence-corrected chi connectivity index (χ4v) is 2.12. The van der Waals surface area contributed by atoms with Crippen LogP contribution in [-0.2, 0) is 33.2 Å². The SMILES string of the molecule is CN(C)CCOCC(O)COCCOCC(F)(F)OC(F)(F)OC(F)(F)COCC(O)COCCO. The minimum Gasteiger partial charge on any atom is -0.394 e. The van der Waals surface area contributed by atoms with Crippen LogP contribution in [0, 0.1) is 0 Å². The summed E-state index contributed by atoms with van der Waals surface area (Å²) in [6, 6.07) is 0. The Morgan fingerprint density at radius 1 is 0.639 bits per heavy atom. The molecule has 11 nitrogen and oxygen atoms in total. The van der Waals surface area contributed by atoms with E-state index in [4.69, 9.17) is 19.3 Å². The Hall–Kier alpha value is -0.860. The molecule has 0 saturated carbocycles. The Balaban J connectivity index is 4.13. The van der Waals surface area contributed by atoms with Crippen molar-refractivity contribution < 1.29 is 74.8 Å². The molecule has 0 radical (unpaired) electrons. The predicted molar refractivity (Wildman–Crippen MR) is 109 cm³/mol. The topological polar surface area (TPSA) is 129 Å². The lowest BCUT2D eigenvalue weighted by Crippen LogP contribution is -2.44. The molecule has 0 saturated heterocycles. The number of aliphatic hydroxyl groups excluding tert-OH is 3. The summed E-state index contributed by atoms with van der Waals surface area (Å²) >= 11 is 0. The molecule has 0 aromatic heterocycles. The van der Waals surface area contributed by atoms with Crippen molar-refractivity contribution >= 4 is 0 Å². The number of hydrogen-bond donors (Lipinski definition) is 3. The molecule has 17 heteroatoms. The summed E-state index contributed by atoms with van der Waals surface area (Å²) in [5.74, 6) is 0. The lowest BCUT2D eigenvalue weighted by atomic mass is 10.4. The number of ether oxygens (including phenoxy) is 7. The number of likely N-dealkylation sites (N-methyl/N-ethyl adjacent to an activating group) is 1. The Labute approximate surface area is 204 Å². The van der Waals surface area contributed by atoms with Crippen molar-refractivity contribution in [2.45, 2.75) is 30.7 Å². The van der Waals surface area contributed by atoms with Gasteiger partial charge in [0, 0.05) is 6.54 Å². The lowest BCUT2D eigenvalue weighted by Gasteiger charge is -2.26. The predicted octanol–water partition coefficient (Wildman–Crippen LogP) is 0.114. The van der Waals surface area contributed by atoms with Crippen LogP contribution in [0.5, 0.6) is 0 Å². The van der Waals surface area contributed by atoms with Gasteiger partial charge in [0.05, 0.1) is 59.5 Å². The van der Waals surface area contributed by atoms with Crippen LogP contribution in [0.15, 0.2) is 0 Å². The van der Waals surface area contributed by atoms with Crippen LogP contribution in [-0.4, -0.2) is 144 Å². The van der Waals surface area contributed by atoms with Gasteiger partial charge in [0.25, 0.3) is 0 Å². The number of rotatable bonds is 24. The maximum atomic E-state index is 13.5. The van der Waals surface area contributed by atoms with Crippen molar-refractivity contribution in [2.24, 2.45) is 0 Å². The van der Waals surface area contributed by atoms with Gasteiger partial charge in [-0.15, -0.1) is 8.78 Å². The average molecular weight is 551 g/mol. The molecule has 0 rings (SSSR count). The quantitative estimate of drug-likeness (QED) is 0.0860. The molecule has 0 aliphatic carbocycles. The van der Waals surface area contributed by atoms with E-state index >= 15 is 0 Å². The van der Waals surface area contributed by atoms with Crippen molar-refractivity contribution in [2.75, 3.05) is 93.3 Å². The maximum Gasteiger partial charge on any atom is 0.495 e. The fraction of sp³-hybridized carbons (Fsp3) is 1.00. The van der Waals surface area contributed by atoms with Crippen LogP contribution in [0.1, 0.15) is 0 Å².